The molecule has 2 aromatic carbocycles. The van der Waals surface area contributed by atoms with Crippen molar-refractivity contribution >= 4 is 18.3 Å². The molecule has 2 amide bonds. The van der Waals surface area contributed by atoms with E-state index in [1.807, 2.05) is 54.6 Å². The van der Waals surface area contributed by atoms with E-state index >= 15 is 0 Å². The molecule has 5 aliphatic heterocycles. The molecule has 0 aliphatic carbocycles. The Morgan fingerprint density at radius 1 is 1.07 bits per heavy atom. The van der Waals surface area contributed by atoms with Crippen LogP contribution in [0.4, 0.5) is 0 Å². The van der Waals surface area contributed by atoms with Crippen LogP contribution in [0.2, 0.25) is 0 Å². The second-order valence-corrected chi connectivity index (χ2v) is 9.98. The Labute approximate surface area is 244 Å². The van der Waals surface area contributed by atoms with E-state index in [4.69, 9.17) is 24.1 Å². The Hall–Kier alpha value is -4.64. The summed E-state index contributed by atoms with van der Waals surface area (Å²) in [6, 6.07) is 18.9. The molecule has 11 heteroatoms. The number of ether oxygens (including phenoxy) is 3. The Morgan fingerprint density at radius 2 is 1.86 bits per heavy atom. The molecule has 0 spiro atoms. The number of piperidine rings is 1. The van der Waals surface area contributed by atoms with E-state index in [-0.39, 0.29) is 37.0 Å². The summed E-state index contributed by atoms with van der Waals surface area (Å²) >= 11 is 0. The van der Waals surface area contributed by atoms with Gasteiger partial charge in [-0.3, -0.25) is 24.3 Å². The lowest BCUT2D eigenvalue weighted by Crippen LogP contribution is -2.57. The van der Waals surface area contributed by atoms with Gasteiger partial charge in [0, 0.05) is 38.8 Å². The van der Waals surface area contributed by atoms with Crippen LogP contribution in [0.15, 0.2) is 66.9 Å². The van der Waals surface area contributed by atoms with Crippen LogP contribution in [0.1, 0.15) is 29.7 Å². The molecule has 3 aromatic rings. The topological polar surface area (TPSA) is 139 Å². The summed E-state index contributed by atoms with van der Waals surface area (Å²) < 4.78 is 17.7. The van der Waals surface area contributed by atoms with Crippen molar-refractivity contribution in [3.8, 4) is 17.2 Å². The van der Waals surface area contributed by atoms with Crippen LogP contribution < -0.4 is 24.8 Å². The molecule has 11 nitrogen and oxygen atoms in total. The average Bonchev–Trinajstić information content (AvgIpc) is 3.00. The molecule has 8 rings (SSSR count). The van der Waals surface area contributed by atoms with Gasteiger partial charge in [-0.05, 0) is 60.4 Å². The number of nitrogens with zero attached hydrogens (tertiary/aromatic N) is 2. The number of nitrogens with one attached hydrogen (secondary N) is 2. The summed E-state index contributed by atoms with van der Waals surface area (Å²) in [6.07, 6.45) is 3.24. The molecule has 1 fully saturated rings. The number of likely N-dealkylation sites (tertiary alicyclic amines) is 1. The predicted molar refractivity (Wildman–Crippen MR) is 154 cm³/mol. The third-order valence-electron chi connectivity index (χ3n) is 7.02. The number of aromatic nitrogens is 1. The molecule has 42 heavy (non-hydrogen) atoms. The fourth-order valence-electron chi connectivity index (χ4n) is 4.93. The van der Waals surface area contributed by atoms with Crippen molar-refractivity contribution in [2.24, 2.45) is 0 Å². The Morgan fingerprint density at radius 3 is 2.60 bits per heavy atom. The largest absolute Gasteiger partial charge is 0.493 e. The summed E-state index contributed by atoms with van der Waals surface area (Å²) in [4.78, 5) is 40.5. The van der Waals surface area contributed by atoms with Gasteiger partial charge in [0.2, 0.25) is 5.91 Å². The van der Waals surface area contributed by atoms with E-state index in [0.29, 0.717) is 44.0 Å². The van der Waals surface area contributed by atoms with Crippen LogP contribution in [-0.4, -0.2) is 72.2 Å². The number of rotatable bonds is 3. The predicted octanol–water partition coefficient (Wildman–Crippen LogP) is 2.57. The molecule has 0 radical (unpaired) electrons. The molecule has 5 aliphatic rings. The highest BCUT2D eigenvalue weighted by atomic mass is 16.5. The highest BCUT2D eigenvalue weighted by Gasteiger charge is 2.32. The highest BCUT2D eigenvalue weighted by molar-refractivity contribution is 5.78. The number of hydrogen-bond donors (Lipinski definition) is 3. The second-order valence-electron chi connectivity index (χ2n) is 9.98. The van der Waals surface area contributed by atoms with Crippen molar-refractivity contribution < 1.29 is 33.7 Å². The standard InChI is InChI=1S/C30H34N4O5.CH2O2/c1-37-28-16-21-7-11-27(28)38-20-30(36)33-25-19-34(18-23-4-2-3-14-31-23)15-13-26(25)39-24-9-5-22(6-10-24)17-32-29(35)12-8-21;2-1-3/h2-7,9-11,14,16,25-26H,8,12-13,15,17-20H2,1H3,(H,32,35)(H,33,36);1H,(H,2,3)/t25-,26-;/m1./s1. The van der Waals surface area contributed by atoms with Crippen molar-refractivity contribution in [1.29, 1.82) is 0 Å². The molecule has 6 heterocycles. The quantitative estimate of drug-likeness (QED) is 0.402. The summed E-state index contributed by atoms with van der Waals surface area (Å²) in [6.45, 7) is 2.17. The second kappa shape index (κ2) is 15.4. The van der Waals surface area contributed by atoms with E-state index < -0.39 is 0 Å². The van der Waals surface area contributed by atoms with Crippen LogP contribution in [0.5, 0.6) is 17.2 Å². The smallest absolute Gasteiger partial charge is 0.290 e. The first kappa shape index (κ1) is 30.3. The minimum atomic E-state index is -0.250. The zero-order valence-corrected chi connectivity index (χ0v) is 23.5. The number of benzene rings is 2. The van der Waals surface area contributed by atoms with Gasteiger partial charge in [-0.15, -0.1) is 0 Å². The number of aryl methyl sites for hydroxylation is 1. The van der Waals surface area contributed by atoms with Crippen LogP contribution in [-0.2, 0) is 33.9 Å². The van der Waals surface area contributed by atoms with E-state index in [1.54, 1.807) is 19.4 Å². The third kappa shape index (κ3) is 8.93. The van der Waals surface area contributed by atoms with Gasteiger partial charge in [0.25, 0.3) is 12.4 Å². The van der Waals surface area contributed by atoms with E-state index in [9.17, 15) is 9.59 Å². The van der Waals surface area contributed by atoms with Crippen molar-refractivity contribution in [3.63, 3.8) is 0 Å². The Bertz CT molecular complexity index is 1320. The van der Waals surface area contributed by atoms with E-state index in [0.717, 1.165) is 35.5 Å². The number of methoxy groups -OCH3 is 1. The molecule has 4 bridgehead atoms. The van der Waals surface area contributed by atoms with Crippen molar-refractivity contribution in [1.82, 2.24) is 20.5 Å². The van der Waals surface area contributed by atoms with Crippen LogP contribution in [0.3, 0.4) is 0 Å². The summed E-state index contributed by atoms with van der Waals surface area (Å²) in [7, 11) is 1.56. The molecule has 2 atom stereocenters. The van der Waals surface area contributed by atoms with Gasteiger partial charge >= 0.3 is 0 Å². The van der Waals surface area contributed by atoms with Crippen LogP contribution >= 0.6 is 0 Å². The summed E-state index contributed by atoms with van der Waals surface area (Å²) in [5.74, 6) is 1.46. The summed E-state index contributed by atoms with van der Waals surface area (Å²) in [5, 5.41) is 13.0. The number of hydrogen-bond acceptors (Lipinski definition) is 8. The molecular weight excluding hydrogens is 540 g/mol. The third-order valence-corrected chi connectivity index (χ3v) is 7.02. The number of carbonyl (C=O) groups excluding carboxylic acids is 2. The lowest BCUT2D eigenvalue weighted by atomic mass is 10.0. The van der Waals surface area contributed by atoms with Crippen LogP contribution in [0, 0.1) is 0 Å². The molecule has 1 aromatic heterocycles. The van der Waals surface area contributed by atoms with Crippen molar-refractivity contribution in [2.75, 3.05) is 26.8 Å². The number of carboxylic acid groups (broad SMARTS) is 1. The lowest BCUT2D eigenvalue weighted by Gasteiger charge is -2.38. The van der Waals surface area contributed by atoms with Gasteiger partial charge in [-0.1, -0.05) is 24.3 Å². The average molecular weight is 577 g/mol. The first-order valence-electron chi connectivity index (χ1n) is 13.8. The first-order valence-corrected chi connectivity index (χ1v) is 13.8. The minimum absolute atomic E-state index is 0.0269. The van der Waals surface area contributed by atoms with Gasteiger partial charge in [0.15, 0.2) is 18.1 Å². The zero-order valence-electron chi connectivity index (χ0n) is 23.5. The van der Waals surface area contributed by atoms with E-state index in [1.165, 1.54) is 0 Å². The van der Waals surface area contributed by atoms with Gasteiger partial charge in [-0.2, -0.15) is 0 Å². The SMILES string of the molecule is COc1cc2ccc1OCC(=O)N[C@@H]1CN(Cc3ccccn3)CC[C@H]1Oc1ccc(cc1)CNC(=O)CC2.O=CO. The van der Waals surface area contributed by atoms with E-state index in [2.05, 4.69) is 20.5 Å². The minimum Gasteiger partial charge on any atom is -0.493 e. The van der Waals surface area contributed by atoms with Crippen molar-refractivity contribution in [3.05, 3.63) is 83.7 Å². The molecule has 0 unspecified atom stereocenters. The highest BCUT2D eigenvalue weighted by Crippen LogP contribution is 2.29. The monoisotopic (exact) mass is 576 g/mol. The maximum Gasteiger partial charge on any atom is 0.290 e. The van der Waals surface area contributed by atoms with Crippen LogP contribution in [0.25, 0.3) is 0 Å². The number of carbonyl (C=O) groups is 3. The van der Waals surface area contributed by atoms with Gasteiger partial charge < -0.3 is 30.0 Å². The van der Waals surface area contributed by atoms with Crippen molar-refractivity contribution in [2.45, 2.75) is 44.5 Å². The van der Waals surface area contributed by atoms with Gasteiger partial charge in [0.1, 0.15) is 11.9 Å². The van der Waals surface area contributed by atoms with Gasteiger partial charge in [0.05, 0.1) is 18.8 Å². The number of pyridine rings is 1. The molecular formula is C31H36N4O7. The Balaban J connectivity index is 0.00000129. The summed E-state index contributed by atoms with van der Waals surface area (Å²) in [5.41, 5.74) is 2.92. The Kier molecular flexibility index (Phi) is 11.1. The maximum absolute atomic E-state index is 13.0. The first-order chi connectivity index (χ1) is 20.5. The van der Waals surface area contributed by atoms with Gasteiger partial charge in [-0.25, -0.2) is 0 Å². The fourth-order valence-corrected chi connectivity index (χ4v) is 4.93. The maximum atomic E-state index is 13.0. The lowest BCUT2D eigenvalue weighted by molar-refractivity contribution is -0.125. The fraction of sp³-hybridized carbons (Fsp3) is 0.355. The number of amides is 2. The molecule has 1 saturated heterocycles. The molecule has 222 valence electrons. The zero-order chi connectivity index (χ0) is 29.7. The normalized spacial score (nSPS) is 19.5. The molecule has 3 N–H and O–H groups in total. The molecule has 0 saturated carbocycles.